The number of amides is 1. The molecule has 3 aromatic rings. The van der Waals surface area contributed by atoms with E-state index in [4.69, 9.17) is 9.47 Å². The molecular weight excluding hydrogens is 354 g/mol. The summed E-state index contributed by atoms with van der Waals surface area (Å²) in [5.41, 5.74) is 0.285. The number of hydrogen-bond acceptors (Lipinski definition) is 6. The largest absolute Gasteiger partial charge is 0.454 e. The third-order valence-corrected chi connectivity index (χ3v) is 4.45. The van der Waals surface area contributed by atoms with Gasteiger partial charge in [-0.05, 0) is 12.1 Å². The zero-order valence-corrected chi connectivity index (χ0v) is 14.8. The Hall–Kier alpha value is -3.56. The maximum atomic E-state index is 12.4. The fraction of sp³-hybridized carbons (Fsp3) is 0.294. The lowest BCUT2D eigenvalue weighted by Crippen LogP contribution is -2.37. The van der Waals surface area contributed by atoms with Crippen molar-refractivity contribution in [1.82, 2.24) is 18.7 Å². The number of carbonyl (C=O) groups excluding carboxylic acids is 1. The van der Waals surface area contributed by atoms with Gasteiger partial charge in [-0.1, -0.05) is 0 Å². The number of aryl methyl sites for hydroxylation is 2. The maximum absolute atomic E-state index is 12.4. The summed E-state index contributed by atoms with van der Waals surface area (Å²) in [5, 5.41) is 2.78. The number of benzene rings is 1. The molecule has 0 aliphatic carbocycles. The van der Waals surface area contributed by atoms with Crippen molar-refractivity contribution >= 4 is 22.8 Å². The van der Waals surface area contributed by atoms with Gasteiger partial charge < -0.3 is 19.4 Å². The topological polar surface area (TPSA) is 109 Å². The molecule has 10 nitrogen and oxygen atoms in total. The SMILES string of the molecule is Cn1c(=O)c2c(ncn2CCC(=O)Nc2ccc3c(c2)OCO3)n(C)c1=O. The molecule has 10 heteroatoms. The molecule has 1 amide bonds. The van der Waals surface area contributed by atoms with Gasteiger partial charge >= 0.3 is 5.69 Å². The van der Waals surface area contributed by atoms with Gasteiger partial charge in [-0.15, -0.1) is 0 Å². The van der Waals surface area contributed by atoms with Crippen molar-refractivity contribution in [3.8, 4) is 11.5 Å². The molecule has 0 bridgehead atoms. The van der Waals surface area contributed by atoms with E-state index in [9.17, 15) is 14.4 Å². The van der Waals surface area contributed by atoms with Crippen molar-refractivity contribution in [2.45, 2.75) is 13.0 Å². The predicted octanol–water partition coefficient (Wildman–Crippen LogP) is 0.191. The van der Waals surface area contributed by atoms with Gasteiger partial charge in [0.2, 0.25) is 12.7 Å². The number of rotatable bonds is 4. The van der Waals surface area contributed by atoms with E-state index in [-0.39, 0.29) is 31.2 Å². The van der Waals surface area contributed by atoms with E-state index in [0.29, 0.717) is 22.8 Å². The molecule has 0 spiro atoms. The fourth-order valence-electron chi connectivity index (χ4n) is 2.99. The number of nitrogens with zero attached hydrogens (tertiary/aromatic N) is 4. The first-order chi connectivity index (χ1) is 13.0. The van der Waals surface area contributed by atoms with Crippen LogP contribution in [-0.4, -0.2) is 31.4 Å². The Morgan fingerprint density at radius 1 is 1.19 bits per heavy atom. The summed E-state index contributed by atoms with van der Waals surface area (Å²) in [6.07, 6.45) is 1.59. The number of ether oxygens (including phenoxy) is 2. The standard InChI is InChI=1S/C17H17N5O5/c1-20-15-14(16(24)21(2)17(20)25)22(8-18-15)6-5-13(23)19-10-3-4-11-12(7-10)27-9-26-11/h3-4,7-8H,5-6,9H2,1-2H3,(H,19,23). The van der Waals surface area contributed by atoms with Crippen LogP contribution in [0.15, 0.2) is 34.1 Å². The van der Waals surface area contributed by atoms with Crippen LogP contribution >= 0.6 is 0 Å². The molecule has 140 valence electrons. The summed E-state index contributed by atoms with van der Waals surface area (Å²) >= 11 is 0. The second-order valence-corrected chi connectivity index (χ2v) is 6.18. The number of carbonyl (C=O) groups is 1. The Kier molecular flexibility index (Phi) is 3.94. The van der Waals surface area contributed by atoms with Crippen LogP contribution in [-0.2, 0) is 25.4 Å². The van der Waals surface area contributed by atoms with Crippen molar-refractivity contribution in [3.63, 3.8) is 0 Å². The number of nitrogens with one attached hydrogen (secondary N) is 1. The van der Waals surface area contributed by atoms with Gasteiger partial charge in [0.1, 0.15) is 0 Å². The molecule has 0 saturated heterocycles. The zero-order valence-electron chi connectivity index (χ0n) is 14.8. The van der Waals surface area contributed by atoms with Crippen LogP contribution in [0.5, 0.6) is 11.5 Å². The van der Waals surface area contributed by atoms with Crippen molar-refractivity contribution in [1.29, 1.82) is 0 Å². The average molecular weight is 371 g/mol. The molecule has 4 rings (SSSR count). The van der Waals surface area contributed by atoms with E-state index in [0.717, 1.165) is 4.57 Å². The van der Waals surface area contributed by atoms with Crippen LogP contribution in [0.1, 0.15) is 6.42 Å². The molecule has 0 saturated carbocycles. The molecule has 0 radical (unpaired) electrons. The molecule has 0 unspecified atom stereocenters. The summed E-state index contributed by atoms with van der Waals surface area (Å²) < 4.78 is 14.4. The minimum atomic E-state index is -0.446. The van der Waals surface area contributed by atoms with Gasteiger partial charge in [-0.25, -0.2) is 9.78 Å². The summed E-state index contributed by atoms with van der Waals surface area (Å²) in [6, 6.07) is 5.15. The van der Waals surface area contributed by atoms with Crippen LogP contribution in [0.3, 0.4) is 0 Å². The molecule has 3 heterocycles. The fourth-order valence-corrected chi connectivity index (χ4v) is 2.99. The Bertz CT molecular complexity index is 1170. The smallest absolute Gasteiger partial charge is 0.332 e. The highest BCUT2D eigenvalue weighted by molar-refractivity contribution is 5.91. The minimum Gasteiger partial charge on any atom is -0.454 e. The van der Waals surface area contributed by atoms with Crippen LogP contribution in [0.2, 0.25) is 0 Å². The number of hydrogen-bond donors (Lipinski definition) is 1. The van der Waals surface area contributed by atoms with Gasteiger partial charge in [0, 0.05) is 38.8 Å². The molecule has 1 N–H and O–H groups in total. The number of imidazole rings is 1. The Morgan fingerprint density at radius 3 is 2.78 bits per heavy atom. The number of anilines is 1. The van der Waals surface area contributed by atoms with Crippen LogP contribution in [0.4, 0.5) is 5.69 Å². The van der Waals surface area contributed by atoms with Crippen molar-refractivity contribution < 1.29 is 14.3 Å². The first-order valence-corrected chi connectivity index (χ1v) is 8.26. The maximum Gasteiger partial charge on any atom is 0.332 e. The number of aromatic nitrogens is 4. The first-order valence-electron chi connectivity index (χ1n) is 8.26. The van der Waals surface area contributed by atoms with E-state index in [1.165, 1.54) is 17.9 Å². The average Bonchev–Trinajstić information content (AvgIpc) is 3.29. The normalized spacial score (nSPS) is 12.5. The van der Waals surface area contributed by atoms with E-state index >= 15 is 0 Å². The summed E-state index contributed by atoms with van der Waals surface area (Å²) in [7, 11) is 2.96. The van der Waals surface area contributed by atoms with Crippen molar-refractivity contribution in [3.05, 3.63) is 45.4 Å². The summed E-state index contributed by atoms with van der Waals surface area (Å²) in [6.45, 7) is 0.415. The van der Waals surface area contributed by atoms with Crippen LogP contribution < -0.4 is 26.0 Å². The van der Waals surface area contributed by atoms with Crippen molar-refractivity contribution in [2.75, 3.05) is 12.1 Å². The van der Waals surface area contributed by atoms with Gasteiger partial charge in [-0.3, -0.25) is 18.7 Å². The second kappa shape index (κ2) is 6.31. The third-order valence-electron chi connectivity index (χ3n) is 4.45. The predicted molar refractivity (Wildman–Crippen MR) is 96.0 cm³/mol. The van der Waals surface area contributed by atoms with E-state index < -0.39 is 11.2 Å². The molecule has 0 atom stereocenters. The van der Waals surface area contributed by atoms with Crippen molar-refractivity contribution in [2.24, 2.45) is 14.1 Å². The molecular formula is C17H17N5O5. The molecule has 2 aromatic heterocycles. The number of fused-ring (bicyclic) bond motifs is 2. The first kappa shape index (κ1) is 16.9. The second-order valence-electron chi connectivity index (χ2n) is 6.18. The highest BCUT2D eigenvalue weighted by atomic mass is 16.7. The molecule has 1 aromatic carbocycles. The highest BCUT2D eigenvalue weighted by Crippen LogP contribution is 2.34. The summed E-state index contributed by atoms with van der Waals surface area (Å²) in [5.74, 6) is 0.995. The molecule has 0 fully saturated rings. The zero-order chi connectivity index (χ0) is 19.1. The Balaban J connectivity index is 1.51. The Labute approximate surface area is 152 Å². The monoisotopic (exact) mass is 371 g/mol. The minimum absolute atomic E-state index is 0.131. The van der Waals surface area contributed by atoms with E-state index in [1.807, 2.05) is 0 Å². The molecule has 1 aliphatic heterocycles. The van der Waals surface area contributed by atoms with Gasteiger partial charge in [0.05, 0.1) is 6.33 Å². The lowest BCUT2D eigenvalue weighted by Gasteiger charge is -2.08. The third kappa shape index (κ3) is 2.84. The lowest BCUT2D eigenvalue weighted by atomic mass is 10.2. The lowest BCUT2D eigenvalue weighted by molar-refractivity contribution is -0.116. The quantitative estimate of drug-likeness (QED) is 0.701. The van der Waals surface area contributed by atoms with Gasteiger partial charge in [0.25, 0.3) is 5.56 Å². The van der Waals surface area contributed by atoms with Crippen LogP contribution in [0, 0.1) is 0 Å². The summed E-state index contributed by atoms with van der Waals surface area (Å²) in [4.78, 5) is 40.7. The highest BCUT2D eigenvalue weighted by Gasteiger charge is 2.16. The van der Waals surface area contributed by atoms with E-state index in [1.54, 1.807) is 29.8 Å². The molecule has 27 heavy (non-hydrogen) atoms. The van der Waals surface area contributed by atoms with Crippen LogP contribution in [0.25, 0.3) is 11.2 Å². The van der Waals surface area contributed by atoms with Gasteiger partial charge in [-0.2, -0.15) is 0 Å². The van der Waals surface area contributed by atoms with Gasteiger partial charge in [0.15, 0.2) is 22.7 Å². The molecule has 1 aliphatic rings. The van der Waals surface area contributed by atoms with E-state index in [2.05, 4.69) is 10.3 Å². The Morgan fingerprint density at radius 2 is 1.96 bits per heavy atom.